The molecule has 1 fully saturated rings. The lowest BCUT2D eigenvalue weighted by Gasteiger charge is -2.31. The van der Waals surface area contributed by atoms with Crippen molar-refractivity contribution < 1.29 is 9.68 Å². The molecule has 0 atom stereocenters. The summed E-state index contributed by atoms with van der Waals surface area (Å²) in [5.41, 5.74) is 3.78. The minimum atomic E-state index is 0.313. The average Bonchev–Trinajstić information content (AvgIpc) is 3.32. The normalized spacial score (nSPS) is 18.5. The van der Waals surface area contributed by atoms with E-state index in [0.29, 0.717) is 11.9 Å². The quantitative estimate of drug-likeness (QED) is 0.641. The van der Waals surface area contributed by atoms with Gasteiger partial charge in [0.1, 0.15) is 19.8 Å². The van der Waals surface area contributed by atoms with Crippen LogP contribution in [0, 0.1) is 0 Å². The van der Waals surface area contributed by atoms with Crippen molar-refractivity contribution in [2.45, 2.75) is 18.8 Å². The molecule has 3 aromatic rings. The van der Waals surface area contributed by atoms with Gasteiger partial charge in [-0.05, 0) is 54.7 Å². The van der Waals surface area contributed by atoms with Gasteiger partial charge < -0.3 is 9.67 Å². The number of hydrogen-bond donors (Lipinski definition) is 2. The Morgan fingerprint density at radius 2 is 1.90 bits per heavy atom. The Morgan fingerprint density at radius 1 is 1.10 bits per heavy atom. The smallest absolute Gasteiger partial charge is 0.442 e. The Kier molecular flexibility index (Phi) is 4.94. The van der Waals surface area contributed by atoms with Crippen LogP contribution in [0.1, 0.15) is 24.3 Å². The lowest BCUT2D eigenvalue weighted by molar-refractivity contribution is -0.546. The summed E-state index contributed by atoms with van der Waals surface area (Å²) in [6.45, 7) is 4.56. The van der Waals surface area contributed by atoms with E-state index in [1.165, 1.54) is 22.2 Å². The molecule has 0 amide bonds. The summed E-state index contributed by atoms with van der Waals surface area (Å²) in [5, 5.41) is 14.9. The molecule has 0 spiro atoms. The summed E-state index contributed by atoms with van der Waals surface area (Å²) >= 11 is 6.36. The van der Waals surface area contributed by atoms with E-state index in [2.05, 4.69) is 57.4 Å². The number of nitrogens with one attached hydrogen (secondary N) is 1. The van der Waals surface area contributed by atoms with E-state index in [1.54, 1.807) is 0 Å². The van der Waals surface area contributed by atoms with Crippen LogP contribution in [-0.4, -0.2) is 58.0 Å². The molecular weight excluding hydrogens is 384 g/mol. The van der Waals surface area contributed by atoms with E-state index in [9.17, 15) is 5.11 Å². The number of aliphatic hydroxyl groups is 1. The number of aliphatic hydroxyl groups excluding tert-OH is 1. The Labute approximate surface area is 175 Å². The van der Waals surface area contributed by atoms with Gasteiger partial charge in [-0.15, -0.1) is 0 Å². The second kappa shape index (κ2) is 7.73. The molecule has 0 unspecified atom stereocenters. The standard InChI is InChI=1S/C23H25ClN4O/c24-18-6-7-22-20(14-18)21(15-28(22)19-4-2-1-3-5-19)17-8-11-26(12-9-17)16-27-13-10-25-23(27)29/h1-7,14-15,17H,8-13,16H2,(H,25,29)/p+1. The van der Waals surface area contributed by atoms with Crippen LogP contribution < -0.4 is 5.32 Å². The van der Waals surface area contributed by atoms with Gasteiger partial charge in [0.2, 0.25) is 0 Å². The summed E-state index contributed by atoms with van der Waals surface area (Å²) < 4.78 is 4.30. The summed E-state index contributed by atoms with van der Waals surface area (Å²) in [6.07, 6.45) is 4.53. The van der Waals surface area contributed by atoms with Gasteiger partial charge >= 0.3 is 6.02 Å². The van der Waals surface area contributed by atoms with Crippen molar-refractivity contribution in [2.24, 2.45) is 0 Å². The van der Waals surface area contributed by atoms with Crippen LogP contribution in [0.4, 0.5) is 0 Å². The van der Waals surface area contributed by atoms with Crippen molar-refractivity contribution in [3.8, 4) is 5.69 Å². The van der Waals surface area contributed by atoms with Gasteiger partial charge in [-0.1, -0.05) is 29.8 Å². The van der Waals surface area contributed by atoms with Crippen LogP contribution in [0.2, 0.25) is 5.02 Å². The molecule has 5 nitrogen and oxygen atoms in total. The average molecular weight is 410 g/mol. The van der Waals surface area contributed by atoms with E-state index in [-0.39, 0.29) is 0 Å². The van der Waals surface area contributed by atoms with Crippen LogP contribution in [0.5, 0.6) is 0 Å². The number of aromatic nitrogens is 1. The van der Waals surface area contributed by atoms with E-state index < -0.39 is 0 Å². The fourth-order valence-electron chi connectivity index (χ4n) is 4.64. The minimum absolute atomic E-state index is 0.313. The number of amidine groups is 1. The van der Waals surface area contributed by atoms with Gasteiger partial charge in [0.15, 0.2) is 0 Å². The highest BCUT2D eigenvalue weighted by Gasteiger charge is 2.27. The van der Waals surface area contributed by atoms with Crippen LogP contribution in [0.25, 0.3) is 16.6 Å². The summed E-state index contributed by atoms with van der Waals surface area (Å²) in [4.78, 5) is 2.43. The van der Waals surface area contributed by atoms with Crippen molar-refractivity contribution in [1.29, 1.82) is 0 Å². The molecule has 1 aromatic heterocycles. The van der Waals surface area contributed by atoms with Gasteiger partial charge in [0, 0.05) is 35.4 Å². The van der Waals surface area contributed by atoms with Crippen LogP contribution in [-0.2, 0) is 0 Å². The van der Waals surface area contributed by atoms with Gasteiger partial charge in [-0.3, -0.25) is 4.90 Å². The number of hydrogen-bond acceptors (Lipinski definition) is 2. The molecule has 0 bridgehead atoms. The van der Waals surface area contributed by atoms with Crippen LogP contribution >= 0.6 is 11.6 Å². The highest BCUT2D eigenvalue weighted by atomic mass is 35.5. The number of benzene rings is 2. The highest BCUT2D eigenvalue weighted by Crippen LogP contribution is 2.36. The molecule has 2 aromatic carbocycles. The Hall–Kier alpha value is -2.50. The molecule has 29 heavy (non-hydrogen) atoms. The van der Waals surface area contributed by atoms with Gasteiger partial charge in [0.05, 0.1) is 5.52 Å². The first-order chi connectivity index (χ1) is 14.2. The molecule has 0 saturated carbocycles. The summed E-state index contributed by atoms with van der Waals surface area (Å²) in [5.74, 6) is 0.520. The number of halogens is 1. The van der Waals surface area contributed by atoms with Crippen molar-refractivity contribution in [1.82, 2.24) is 14.8 Å². The van der Waals surface area contributed by atoms with Crippen molar-refractivity contribution in [3.05, 3.63) is 65.3 Å². The largest absolute Gasteiger partial charge is 0.447 e. The zero-order chi connectivity index (χ0) is 19.8. The minimum Gasteiger partial charge on any atom is -0.447 e. The van der Waals surface area contributed by atoms with Gasteiger partial charge in [-0.25, -0.2) is 9.89 Å². The first kappa shape index (κ1) is 18.5. The molecule has 6 heteroatoms. The molecule has 0 aliphatic carbocycles. The predicted octanol–water partition coefficient (Wildman–Crippen LogP) is 3.95. The lowest BCUT2D eigenvalue weighted by atomic mass is 9.89. The number of para-hydroxylation sites is 1. The third-order valence-electron chi connectivity index (χ3n) is 6.19. The highest BCUT2D eigenvalue weighted by molar-refractivity contribution is 6.31. The molecule has 2 aliphatic rings. The molecule has 1 saturated heterocycles. The maximum absolute atomic E-state index is 9.89. The van der Waals surface area contributed by atoms with Crippen molar-refractivity contribution in [3.63, 3.8) is 0 Å². The summed E-state index contributed by atoms with van der Waals surface area (Å²) in [6, 6.07) is 17.0. The number of piperidine rings is 1. The molecule has 150 valence electrons. The van der Waals surface area contributed by atoms with E-state index >= 15 is 0 Å². The topological polar surface area (TPSA) is 43.4 Å². The van der Waals surface area contributed by atoms with Crippen LogP contribution in [0.3, 0.4) is 0 Å². The Bertz CT molecular complexity index is 1050. The van der Waals surface area contributed by atoms with Crippen molar-refractivity contribution in [2.75, 3.05) is 32.8 Å². The zero-order valence-corrected chi connectivity index (χ0v) is 17.1. The van der Waals surface area contributed by atoms with E-state index in [4.69, 9.17) is 11.6 Å². The molecule has 0 radical (unpaired) electrons. The molecule has 2 N–H and O–H groups in total. The fraction of sp³-hybridized carbons (Fsp3) is 0.348. The number of likely N-dealkylation sites (tertiary alicyclic amines) is 1. The maximum atomic E-state index is 9.89. The first-order valence-corrected chi connectivity index (χ1v) is 10.7. The number of fused-ring (bicyclic) bond motifs is 1. The monoisotopic (exact) mass is 409 g/mol. The SMILES string of the molecule is OC1=[N+](CN2CCC(c3cn(-c4ccccc4)c4ccc(Cl)cc34)CC2)CCN1. The molecule has 5 rings (SSSR count). The molecule has 3 heterocycles. The summed E-state index contributed by atoms with van der Waals surface area (Å²) in [7, 11) is 0. The van der Waals surface area contributed by atoms with E-state index in [0.717, 1.165) is 50.7 Å². The molecule has 2 aliphatic heterocycles. The second-order valence-electron chi connectivity index (χ2n) is 8.00. The fourth-order valence-corrected chi connectivity index (χ4v) is 4.81. The number of rotatable bonds is 4. The Morgan fingerprint density at radius 3 is 2.62 bits per heavy atom. The third kappa shape index (κ3) is 3.61. The third-order valence-corrected chi connectivity index (χ3v) is 6.43. The molecular formula is C23H26ClN4O+. The Balaban J connectivity index is 1.41. The second-order valence-corrected chi connectivity index (χ2v) is 8.44. The van der Waals surface area contributed by atoms with E-state index in [1.807, 2.05) is 16.7 Å². The van der Waals surface area contributed by atoms with Gasteiger partial charge in [-0.2, -0.15) is 0 Å². The van der Waals surface area contributed by atoms with Crippen molar-refractivity contribution >= 4 is 28.5 Å². The number of nitrogens with zero attached hydrogens (tertiary/aromatic N) is 3. The first-order valence-electron chi connectivity index (χ1n) is 10.3. The van der Waals surface area contributed by atoms with Crippen LogP contribution in [0.15, 0.2) is 54.7 Å². The maximum Gasteiger partial charge on any atom is 0.442 e. The van der Waals surface area contributed by atoms with Gasteiger partial charge in [0.25, 0.3) is 0 Å². The zero-order valence-electron chi connectivity index (χ0n) is 16.4. The predicted molar refractivity (Wildman–Crippen MR) is 117 cm³/mol. The lowest BCUT2D eigenvalue weighted by Crippen LogP contribution is -2.39.